The van der Waals surface area contributed by atoms with Crippen LogP contribution >= 0.6 is 11.6 Å². The van der Waals surface area contributed by atoms with Crippen molar-refractivity contribution in [3.8, 4) is 0 Å². The fourth-order valence-corrected chi connectivity index (χ4v) is 2.82. The van der Waals surface area contributed by atoms with Crippen LogP contribution in [0.15, 0.2) is 24.3 Å². The van der Waals surface area contributed by atoms with Crippen LogP contribution in [0.3, 0.4) is 0 Å². The molecule has 0 aromatic heterocycles. The number of rotatable bonds is 7. The number of carbonyl (C=O) groups excluding carboxylic acids is 3. The summed E-state index contributed by atoms with van der Waals surface area (Å²) < 4.78 is 5.10. The maximum Gasteiger partial charge on any atom is 0.307 e. The van der Waals surface area contributed by atoms with Gasteiger partial charge in [-0.25, -0.2) is 0 Å². The fraction of sp³-hybridized carbons (Fsp3) is 0.500. The second-order valence-corrected chi connectivity index (χ2v) is 6.49. The van der Waals surface area contributed by atoms with E-state index < -0.39 is 12.1 Å². The number of ether oxygens (including phenoxy) is 1. The van der Waals surface area contributed by atoms with E-state index in [1.54, 1.807) is 31.2 Å². The van der Waals surface area contributed by atoms with E-state index in [9.17, 15) is 14.4 Å². The van der Waals surface area contributed by atoms with Crippen LogP contribution in [0.25, 0.3) is 0 Å². The van der Waals surface area contributed by atoms with Crippen molar-refractivity contribution in [1.82, 2.24) is 5.32 Å². The molecule has 6 heteroatoms. The zero-order valence-electron chi connectivity index (χ0n) is 13.7. The topological polar surface area (TPSA) is 72.5 Å². The summed E-state index contributed by atoms with van der Waals surface area (Å²) in [4.78, 5) is 35.7. The highest BCUT2D eigenvalue weighted by Gasteiger charge is 2.23. The predicted octanol–water partition coefficient (Wildman–Crippen LogP) is 3.29. The second kappa shape index (κ2) is 8.83. The Kier molecular flexibility index (Phi) is 6.79. The monoisotopic (exact) mass is 351 g/mol. The molecule has 0 radical (unpaired) electrons. The normalized spacial score (nSPS) is 15.8. The zero-order valence-corrected chi connectivity index (χ0v) is 14.5. The molecular weight excluding hydrogens is 330 g/mol. The average Bonchev–Trinajstić information content (AvgIpc) is 3.06. The van der Waals surface area contributed by atoms with E-state index in [-0.39, 0.29) is 30.6 Å². The predicted molar refractivity (Wildman–Crippen MR) is 91.0 cm³/mol. The first kappa shape index (κ1) is 18.5. The summed E-state index contributed by atoms with van der Waals surface area (Å²) >= 11 is 5.77. The standard InChI is InChI=1S/C18H22ClNO4/c1-12(18(23)20-15-4-2-3-5-15)24-17(22)11-10-16(21)13-6-8-14(19)9-7-13/h6-9,12,15H,2-5,10-11H2,1H3,(H,20,23)/t12-/m1/s1. The van der Waals surface area contributed by atoms with Crippen LogP contribution in [0.2, 0.25) is 5.02 Å². The summed E-state index contributed by atoms with van der Waals surface area (Å²) in [5.74, 6) is -0.989. The van der Waals surface area contributed by atoms with E-state index in [2.05, 4.69) is 5.32 Å². The van der Waals surface area contributed by atoms with Gasteiger partial charge in [-0.1, -0.05) is 24.4 Å². The van der Waals surface area contributed by atoms with Crippen molar-refractivity contribution >= 4 is 29.3 Å². The molecule has 1 aliphatic carbocycles. The molecule has 0 saturated heterocycles. The van der Waals surface area contributed by atoms with Gasteiger partial charge in [0, 0.05) is 23.0 Å². The Bertz CT molecular complexity index is 594. The SMILES string of the molecule is C[C@@H](OC(=O)CCC(=O)c1ccc(Cl)cc1)C(=O)NC1CCCC1. The van der Waals surface area contributed by atoms with Gasteiger partial charge < -0.3 is 10.1 Å². The van der Waals surface area contributed by atoms with Crippen LogP contribution in [0.5, 0.6) is 0 Å². The minimum Gasteiger partial charge on any atom is -0.453 e. The second-order valence-electron chi connectivity index (χ2n) is 6.05. The van der Waals surface area contributed by atoms with Crippen molar-refractivity contribution in [2.24, 2.45) is 0 Å². The van der Waals surface area contributed by atoms with Gasteiger partial charge in [0.1, 0.15) is 0 Å². The summed E-state index contributed by atoms with van der Waals surface area (Å²) in [6, 6.07) is 6.68. The molecule has 1 aromatic rings. The molecule has 1 aromatic carbocycles. The van der Waals surface area contributed by atoms with Crippen molar-refractivity contribution in [3.05, 3.63) is 34.9 Å². The van der Waals surface area contributed by atoms with Gasteiger partial charge in [-0.2, -0.15) is 0 Å². The first-order valence-corrected chi connectivity index (χ1v) is 8.62. The minimum absolute atomic E-state index is 0.0391. The summed E-state index contributed by atoms with van der Waals surface area (Å²) in [6.45, 7) is 1.54. The lowest BCUT2D eigenvalue weighted by Crippen LogP contribution is -2.40. The molecule has 1 amide bonds. The van der Waals surface area contributed by atoms with Gasteiger partial charge in [0.15, 0.2) is 11.9 Å². The Morgan fingerprint density at radius 1 is 1.17 bits per heavy atom. The number of ketones is 1. The van der Waals surface area contributed by atoms with Gasteiger partial charge in [-0.05, 0) is 44.0 Å². The highest BCUT2D eigenvalue weighted by Crippen LogP contribution is 2.18. The lowest BCUT2D eigenvalue weighted by molar-refractivity contribution is -0.155. The van der Waals surface area contributed by atoms with Gasteiger partial charge in [0.25, 0.3) is 5.91 Å². The fourth-order valence-electron chi connectivity index (χ4n) is 2.69. The molecule has 0 spiro atoms. The quantitative estimate of drug-likeness (QED) is 0.604. The Labute approximate surface area is 146 Å². The smallest absolute Gasteiger partial charge is 0.307 e. The number of nitrogens with one attached hydrogen (secondary N) is 1. The van der Waals surface area contributed by atoms with Crippen LogP contribution in [0.1, 0.15) is 55.8 Å². The number of Topliss-reactive ketones (excluding diaryl/α,β-unsaturated/α-hetero) is 1. The summed E-state index contributed by atoms with van der Waals surface area (Å²) in [5.41, 5.74) is 0.499. The van der Waals surface area contributed by atoms with E-state index in [4.69, 9.17) is 16.3 Å². The van der Waals surface area contributed by atoms with Gasteiger partial charge in [-0.3, -0.25) is 14.4 Å². The molecule has 5 nitrogen and oxygen atoms in total. The number of hydrogen-bond donors (Lipinski definition) is 1. The van der Waals surface area contributed by atoms with Crippen LogP contribution in [0.4, 0.5) is 0 Å². The molecule has 24 heavy (non-hydrogen) atoms. The Balaban J connectivity index is 1.72. The maximum absolute atomic E-state index is 12.0. The molecule has 1 atom stereocenters. The molecular formula is C18H22ClNO4. The summed E-state index contributed by atoms with van der Waals surface area (Å²) in [5, 5.41) is 3.43. The number of carbonyl (C=O) groups is 3. The lowest BCUT2D eigenvalue weighted by atomic mass is 10.1. The molecule has 0 aliphatic heterocycles. The number of benzene rings is 1. The third-order valence-corrected chi connectivity index (χ3v) is 4.35. The van der Waals surface area contributed by atoms with E-state index in [0.29, 0.717) is 10.6 Å². The third kappa shape index (κ3) is 5.64. The first-order chi connectivity index (χ1) is 11.5. The number of hydrogen-bond acceptors (Lipinski definition) is 4. The first-order valence-electron chi connectivity index (χ1n) is 8.24. The number of esters is 1. The Morgan fingerprint density at radius 2 is 1.79 bits per heavy atom. The minimum atomic E-state index is -0.844. The van der Waals surface area contributed by atoms with Crippen LogP contribution in [-0.4, -0.2) is 29.8 Å². The van der Waals surface area contributed by atoms with Crippen LogP contribution in [0, 0.1) is 0 Å². The zero-order chi connectivity index (χ0) is 17.5. The van der Waals surface area contributed by atoms with Gasteiger partial charge >= 0.3 is 5.97 Å². The molecule has 1 N–H and O–H groups in total. The molecule has 0 unspecified atom stereocenters. The van der Waals surface area contributed by atoms with Crippen molar-refractivity contribution in [1.29, 1.82) is 0 Å². The van der Waals surface area contributed by atoms with E-state index >= 15 is 0 Å². The number of amides is 1. The molecule has 1 fully saturated rings. The van der Waals surface area contributed by atoms with Crippen molar-refractivity contribution < 1.29 is 19.1 Å². The largest absolute Gasteiger partial charge is 0.453 e. The summed E-state index contributed by atoms with van der Waals surface area (Å²) in [7, 11) is 0. The maximum atomic E-state index is 12.0. The Hall–Kier alpha value is -1.88. The van der Waals surface area contributed by atoms with Crippen LogP contribution < -0.4 is 5.32 Å². The molecule has 1 saturated carbocycles. The van der Waals surface area contributed by atoms with Crippen LogP contribution in [-0.2, 0) is 14.3 Å². The Morgan fingerprint density at radius 3 is 2.42 bits per heavy atom. The van der Waals surface area contributed by atoms with E-state index in [1.807, 2.05) is 0 Å². The molecule has 0 heterocycles. The van der Waals surface area contributed by atoms with Gasteiger partial charge in [0.05, 0.1) is 6.42 Å². The highest BCUT2D eigenvalue weighted by molar-refractivity contribution is 6.30. The van der Waals surface area contributed by atoms with E-state index in [1.165, 1.54) is 0 Å². The molecule has 0 bridgehead atoms. The average molecular weight is 352 g/mol. The van der Waals surface area contributed by atoms with Crippen molar-refractivity contribution in [3.63, 3.8) is 0 Å². The third-order valence-electron chi connectivity index (χ3n) is 4.10. The summed E-state index contributed by atoms with van der Waals surface area (Å²) in [6.07, 6.45) is 3.32. The van der Waals surface area contributed by atoms with Crippen molar-refractivity contribution in [2.75, 3.05) is 0 Å². The molecule has 1 aliphatic rings. The van der Waals surface area contributed by atoms with E-state index in [0.717, 1.165) is 25.7 Å². The molecule has 130 valence electrons. The van der Waals surface area contributed by atoms with Gasteiger partial charge in [-0.15, -0.1) is 0 Å². The molecule has 2 rings (SSSR count). The van der Waals surface area contributed by atoms with Gasteiger partial charge in [0.2, 0.25) is 0 Å². The lowest BCUT2D eigenvalue weighted by Gasteiger charge is -2.17. The number of halogens is 1. The van der Waals surface area contributed by atoms with Crippen molar-refractivity contribution in [2.45, 2.75) is 57.6 Å². The highest BCUT2D eigenvalue weighted by atomic mass is 35.5.